The van der Waals surface area contributed by atoms with Gasteiger partial charge in [0.25, 0.3) is 0 Å². The third-order valence-electron chi connectivity index (χ3n) is 3.01. The van der Waals surface area contributed by atoms with Gasteiger partial charge in [-0.1, -0.05) is 0 Å². The normalized spacial score (nSPS) is 13.4. The molecule has 0 saturated carbocycles. The Morgan fingerprint density at radius 1 is 1.38 bits per heavy atom. The van der Waals surface area contributed by atoms with E-state index >= 15 is 0 Å². The monoisotopic (exact) mass is 317 g/mol. The molecule has 7 nitrogen and oxygen atoms in total. The molecule has 1 N–H and O–H groups in total. The first-order valence-electron chi connectivity index (χ1n) is 6.61. The second-order valence-electron chi connectivity index (χ2n) is 4.54. The van der Waals surface area contributed by atoms with Gasteiger partial charge >= 0.3 is 0 Å². The number of pyridine rings is 1. The smallest absolute Gasteiger partial charge is 0.243 e. The lowest BCUT2D eigenvalue weighted by molar-refractivity contribution is 0.119. The minimum Gasteiger partial charge on any atom is -0.383 e. The molecule has 21 heavy (non-hydrogen) atoms. The minimum absolute atomic E-state index is 0.195. The molecular formula is C13H23N3O4S. The first-order chi connectivity index (χ1) is 9.97. The van der Waals surface area contributed by atoms with E-state index in [0.29, 0.717) is 19.0 Å². The summed E-state index contributed by atoms with van der Waals surface area (Å²) in [6.07, 6.45) is 1.47. The van der Waals surface area contributed by atoms with Crippen LogP contribution >= 0.6 is 0 Å². The van der Waals surface area contributed by atoms with E-state index in [-0.39, 0.29) is 17.5 Å². The zero-order valence-corrected chi connectivity index (χ0v) is 13.7. The van der Waals surface area contributed by atoms with Crippen molar-refractivity contribution in [2.45, 2.75) is 17.9 Å². The molecule has 1 unspecified atom stereocenters. The minimum atomic E-state index is -3.63. The van der Waals surface area contributed by atoms with Crippen molar-refractivity contribution in [3.05, 3.63) is 18.3 Å². The lowest BCUT2D eigenvalue weighted by Crippen LogP contribution is -2.42. The highest BCUT2D eigenvalue weighted by Gasteiger charge is 2.29. The fourth-order valence-corrected chi connectivity index (χ4v) is 3.54. The Morgan fingerprint density at radius 3 is 2.67 bits per heavy atom. The molecule has 0 aromatic carbocycles. The number of sulfonamides is 1. The van der Waals surface area contributed by atoms with E-state index < -0.39 is 10.0 Å². The summed E-state index contributed by atoms with van der Waals surface area (Å²) in [4.78, 5) is 4.23. The molecule has 0 radical (unpaired) electrons. The lowest BCUT2D eigenvalue weighted by atomic mass is 10.3. The molecule has 0 aliphatic heterocycles. The summed E-state index contributed by atoms with van der Waals surface area (Å²) < 4.78 is 37.0. The second kappa shape index (κ2) is 8.28. The van der Waals surface area contributed by atoms with Gasteiger partial charge in [0, 0.05) is 46.1 Å². The number of hydrogen-bond donors (Lipinski definition) is 1. The van der Waals surface area contributed by atoms with Crippen molar-refractivity contribution in [1.82, 2.24) is 9.29 Å². The summed E-state index contributed by atoms with van der Waals surface area (Å²) in [5.74, 6) is 0.502. The Morgan fingerprint density at radius 2 is 2.10 bits per heavy atom. The second-order valence-corrected chi connectivity index (χ2v) is 6.43. The summed E-state index contributed by atoms with van der Waals surface area (Å²) in [6.45, 7) is 2.70. The number of rotatable bonds is 9. The van der Waals surface area contributed by atoms with Crippen molar-refractivity contribution in [2.75, 3.05) is 46.3 Å². The van der Waals surface area contributed by atoms with Crippen molar-refractivity contribution >= 4 is 15.8 Å². The highest BCUT2D eigenvalue weighted by molar-refractivity contribution is 7.89. The summed E-state index contributed by atoms with van der Waals surface area (Å²) in [5, 5.41) is 2.83. The molecule has 1 aromatic heterocycles. The van der Waals surface area contributed by atoms with Crippen LogP contribution in [-0.2, 0) is 19.5 Å². The number of anilines is 1. The summed E-state index contributed by atoms with van der Waals surface area (Å²) >= 11 is 0. The van der Waals surface area contributed by atoms with E-state index in [1.807, 2.05) is 0 Å². The van der Waals surface area contributed by atoms with Crippen molar-refractivity contribution in [1.29, 1.82) is 0 Å². The van der Waals surface area contributed by atoms with Crippen LogP contribution in [0.25, 0.3) is 0 Å². The third kappa shape index (κ3) is 4.63. The van der Waals surface area contributed by atoms with Crippen LogP contribution in [0.1, 0.15) is 6.92 Å². The summed E-state index contributed by atoms with van der Waals surface area (Å²) in [5.41, 5.74) is 0. The van der Waals surface area contributed by atoms with Gasteiger partial charge in [0.1, 0.15) is 5.82 Å². The van der Waals surface area contributed by atoms with Crippen molar-refractivity contribution in [3.63, 3.8) is 0 Å². The van der Waals surface area contributed by atoms with Gasteiger partial charge in [-0.15, -0.1) is 0 Å². The van der Waals surface area contributed by atoms with Crippen LogP contribution in [0.4, 0.5) is 5.82 Å². The largest absolute Gasteiger partial charge is 0.383 e. The molecule has 0 aliphatic carbocycles. The van der Waals surface area contributed by atoms with E-state index in [0.717, 1.165) is 0 Å². The first kappa shape index (κ1) is 17.8. The Kier molecular flexibility index (Phi) is 7.03. The zero-order valence-electron chi connectivity index (χ0n) is 12.9. The molecular weight excluding hydrogens is 294 g/mol. The van der Waals surface area contributed by atoms with Crippen LogP contribution < -0.4 is 5.32 Å². The van der Waals surface area contributed by atoms with Crippen molar-refractivity contribution in [3.8, 4) is 0 Å². The lowest BCUT2D eigenvalue weighted by Gasteiger charge is -2.27. The van der Waals surface area contributed by atoms with Gasteiger partial charge in [0.05, 0.1) is 18.1 Å². The van der Waals surface area contributed by atoms with Gasteiger partial charge in [-0.05, 0) is 13.0 Å². The number of ether oxygens (including phenoxy) is 2. The van der Waals surface area contributed by atoms with Gasteiger partial charge in [0.2, 0.25) is 10.0 Å². The molecule has 1 atom stereocenters. The van der Waals surface area contributed by atoms with Crippen molar-refractivity contribution < 1.29 is 17.9 Å². The van der Waals surface area contributed by atoms with E-state index in [1.165, 1.54) is 29.7 Å². The van der Waals surface area contributed by atoms with Gasteiger partial charge < -0.3 is 14.8 Å². The van der Waals surface area contributed by atoms with Gasteiger partial charge in [-0.3, -0.25) is 0 Å². The molecule has 0 bridgehead atoms. The van der Waals surface area contributed by atoms with E-state index in [9.17, 15) is 8.42 Å². The van der Waals surface area contributed by atoms with Gasteiger partial charge in [0.15, 0.2) is 0 Å². The molecule has 1 rings (SSSR count). The zero-order chi connectivity index (χ0) is 15.9. The van der Waals surface area contributed by atoms with Crippen LogP contribution in [0.15, 0.2) is 23.2 Å². The number of methoxy groups -OCH3 is 2. The topological polar surface area (TPSA) is 80.8 Å². The van der Waals surface area contributed by atoms with Gasteiger partial charge in [-0.25, -0.2) is 13.4 Å². The Hall–Kier alpha value is -1.22. The molecule has 0 saturated heterocycles. The van der Waals surface area contributed by atoms with Crippen LogP contribution in [0.5, 0.6) is 0 Å². The molecule has 8 heteroatoms. The van der Waals surface area contributed by atoms with Crippen LogP contribution in [-0.4, -0.2) is 64.8 Å². The maximum Gasteiger partial charge on any atom is 0.243 e. The molecule has 0 aliphatic rings. The quantitative estimate of drug-likeness (QED) is 0.725. The summed E-state index contributed by atoms with van der Waals surface area (Å²) in [6, 6.07) is 2.70. The molecule has 0 spiro atoms. The van der Waals surface area contributed by atoms with E-state index in [2.05, 4.69) is 10.3 Å². The predicted molar refractivity (Wildman–Crippen MR) is 80.9 cm³/mol. The first-order valence-corrected chi connectivity index (χ1v) is 8.05. The van der Waals surface area contributed by atoms with Crippen LogP contribution in [0, 0.1) is 0 Å². The molecule has 0 fully saturated rings. The number of nitrogens with one attached hydrogen (secondary N) is 1. The fraction of sp³-hybridized carbons (Fsp3) is 0.615. The van der Waals surface area contributed by atoms with E-state index in [1.54, 1.807) is 21.1 Å². The highest BCUT2D eigenvalue weighted by Crippen LogP contribution is 2.20. The average Bonchev–Trinajstić information content (AvgIpc) is 2.47. The average molecular weight is 317 g/mol. The van der Waals surface area contributed by atoms with Crippen LogP contribution in [0.2, 0.25) is 0 Å². The van der Waals surface area contributed by atoms with Crippen LogP contribution in [0.3, 0.4) is 0 Å². The molecule has 120 valence electrons. The van der Waals surface area contributed by atoms with E-state index in [4.69, 9.17) is 9.47 Å². The standard InChI is InChI=1S/C13H23N3O4S/c1-11(10-20-4)16(7-8-19-3)21(17,18)12-5-6-15-13(9-12)14-2/h5-6,9,11H,7-8,10H2,1-4H3,(H,14,15). The maximum absolute atomic E-state index is 12.8. The van der Waals surface area contributed by atoms with Gasteiger partial charge in [-0.2, -0.15) is 4.31 Å². The SMILES string of the molecule is CNc1cc(S(=O)(=O)N(CCOC)C(C)COC)ccn1. The maximum atomic E-state index is 12.8. The molecule has 1 aromatic rings. The highest BCUT2D eigenvalue weighted by atomic mass is 32.2. The predicted octanol–water partition coefficient (Wildman–Crippen LogP) is 0.795. The summed E-state index contributed by atoms with van der Waals surface area (Å²) in [7, 11) is 1.14. The van der Waals surface area contributed by atoms with Crippen molar-refractivity contribution in [2.24, 2.45) is 0 Å². The Bertz CT molecular complexity index is 536. The number of aromatic nitrogens is 1. The molecule has 1 heterocycles. The molecule has 0 amide bonds. The number of nitrogens with zero attached hydrogens (tertiary/aromatic N) is 2. The Labute approximate surface area is 126 Å². The third-order valence-corrected chi connectivity index (χ3v) is 5.02. The fourth-order valence-electron chi connectivity index (χ4n) is 1.93. The Balaban J connectivity index is 3.12. The number of hydrogen-bond acceptors (Lipinski definition) is 6.